The van der Waals surface area contributed by atoms with Crippen molar-refractivity contribution in [1.82, 2.24) is 4.98 Å². The SMILES string of the molecule is COc1ccc(CN2C(=O)CCc3c(OC[C@@]4(O)CCN(c5ncc(Cl)cc5Cl)C[C@H]4F)ccc(F)c32)cc1. The number of piperidine rings is 1. The molecule has 206 valence electrons. The van der Waals surface area contributed by atoms with Crippen molar-refractivity contribution < 1.29 is 28.2 Å². The van der Waals surface area contributed by atoms with Gasteiger partial charge in [0, 0.05) is 24.7 Å². The normalized spacial score (nSPS) is 21.1. The van der Waals surface area contributed by atoms with E-state index in [2.05, 4.69) is 4.98 Å². The predicted octanol–water partition coefficient (Wildman–Crippen LogP) is 5.37. The maximum absolute atomic E-state index is 15.3. The van der Waals surface area contributed by atoms with Crippen molar-refractivity contribution in [3.8, 4) is 11.5 Å². The van der Waals surface area contributed by atoms with Gasteiger partial charge in [0.05, 0.1) is 35.9 Å². The monoisotopic (exact) mass is 577 g/mol. The van der Waals surface area contributed by atoms with Crippen LogP contribution in [0.25, 0.3) is 0 Å². The van der Waals surface area contributed by atoms with Gasteiger partial charge in [-0.05, 0) is 48.7 Å². The molecule has 39 heavy (non-hydrogen) atoms. The van der Waals surface area contributed by atoms with Crippen LogP contribution in [0.15, 0.2) is 48.7 Å². The minimum absolute atomic E-state index is 0.0558. The van der Waals surface area contributed by atoms with E-state index in [1.165, 1.54) is 29.3 Å². The molecule has 11 heteroatoms. The lowest BCUT2D eigenvalue weighted by Gasteiger charge is -2.41. The highest BCUT2D eigenvalue weighted by atomic mass is 35.5. The highest BCUT2D eigenvalue weighted by Crippen LogP contribution is 2.39. The lowest BCUT2D eigenvalue weighted by atomic mass is 9.90. The molecule has 0 spiro atoms. The number of rotatable bonds is 7. The van der Waals surface area contributed by atoms with Gasteiger partial charge in [0.25, 0.3) is 0 Å². The highest BCUT2D eigenvalue weighted by Gasteiger charge is 2.44. The summed E-state index contributed by atoms with van der Waals surface area (Å²) in [6.07, 6.45) is 0.264. The molecular formula is C28H27Cl2F2N3O4. The number of benzene rings is 2. The average molecular weight is 578 g/mol. The molecule has 0 aliphatic carbocycles. The molecule has 2 aromatic carbocycles. The number of alkyl halides is 1. The zero-order valence-corrected chi connectivity index (χ0v) is 22.7. The number of amides is 1. The van der Waals surface area contributed by atoms with Crippen molar-refractivity contribution in [1.29, 1.82) is 0 Å². The Labute approximate surface area is 234 Å². The lowest BCUT2D eigenvalue weighted by molar-refractivity contribution is -0.119. The van der Waals surface area contributed by atoms with Crippen LogP contribution in [0.3, 0.4) is 0 Å². The van der Waals surface area contributed by atoms with Gasteiger partial charge in [-0.15, -0.1) is 0 Å². The molecule has 1 N–H and O–H groups in total. The van der Waals surface area contributed by atoms with Gasteiger partial charge in [0.1, 0.15) is 41.5 Å². The quantitative estimate of drug-likeness (QED) is 0.406. The molecule has 3 heterocycles. The first kappa shape index (κ1) is 27.4. The summed E-state index contributed by atoms with van der Waals surface area (Å²) in [5, 5.41) is 11.8. The van der Waals surface area contributed by atoms with E-state index in [0.717, 1.165) is 5.56 Å². The number of hydrogen-bond acceptors (Lipinski definition) is 6. The van der Waals surface area contributed by atoms with Crippen LogP contribution in [-0.4, -0.2) is 54.6 Å². The van der Waals surface area contributed by atoms with Gasteiger partial charge in [0.15, 0.2) is 0 Å². The molecule has 1 saturated heterocycles. The summed E-state index contributed by atoms with van der Waals surface area (Å²) >= 11 is 12.1. The Kier molecular flexibility index (Phi) is 7.84. The number of halogens is 4. The van der Waals surface area contributed by atoms with Gasteiger partial charge in [-0.3, -0.25) is 4.79 Å². The minimum atomic E-state index is -1.77. The maximum Gasteiger partial charge on any atom is 0.227 e. The number of pyridine rings is 1. The van der Waals surface area contributed by atoms with Crippen LogP contribution >= 0.6 is 23.2 Å². The van der Waals surface area contributed by atoms with Crippen LogP contribution in [0.5, 0.6) is 11.5 Å². The fourth-order valence-corrected chi connectivity index (χ4v) is 5.47. The zero-order chi connectivity index (χ0) is 27.7. The molecule has 2 atom stereocenters. The van der Waals surface area contributed by atoms with E-state index in [9.17, 15) is 9.90 Å². The molecule has 0 saturated carbocycles. The Bertz CT molecular complexity index is 1380. The Morgan fingerprint density at radius 3 is 2.64 bits per heavy atom. The van der Waals surface area contributed by atoms with Crippen molar-refractivity contribution in [3.05, 3.63) is 75.7 Å². The van der Waals surface area contributed by atoms with Gasteiger partial charge in [-0.25, -0.2) is 13.8 Å². The molecule has 7 nitrogen and oxygen atoms in total. The maximum atomic E-state index is 15.3. The van der Waals surface area contributed by atoms with Gasteiger partial charge >= 0.3 is 0 Å². The molecule has 1 amide bonds. The number of carbonyl (C=O) groups is 1. The average Bonchev–Trinajstić information content (AvgIpc) is 2.92. The Morgan fingerprint density at radius 1 is 1.18 bits per heavy atom. The summed E-state index contributed by atoms with van der Waals surface area (Å²) in [6.45, 7) is -0.0156. The molecule has 1 aromatic heterocycles. The molecule has 0 bridgehead atoms. The number of aliphatic hydroxyl groups is 1. The third-order valence-corrected chi connectivity index (χ3v) is 7.68. The predicted molar refractivity (Wildman–Crippen MR) is 145 cm³/mol. The third kappa shape index (κ3) is 5.62. The molecule has 2 aliphatic rings. The number of carbonyl (C=O) groups excluding carboxylic acids is 1. The van der Waals surface area contributed by atoms with E-state index in [0.29, 0.717) is 39.5 Å². The van der Waals surface area contributed by atoms with Gasteiger partial charge in [0.2, 0.25) is 5.91 Å². The summed E-state index contributed by atoms with van der Waals surface area (Å²) < 4.78 is 41.5. The van der Waals surface area contributed by atoms with Crippen LogP contribution in [0.2, 0.25) is 10.0 Å². The molecule has 2 aliphatic heterocycles. The fourth-order valence-electron chi connectivity index (χ4n) is 4.97. The highest BCUT2D eigenvalue weighted by molar-refractivity contribution is 6.36. The van der Waals surface area contributed by atoms with Crippen LogP contribution < -0.4 is 19.3 Å². The Balaban J connectivity index is 1.32. The number of methoxy groups -OCH3 is 1. The van der Waals surface area contributed by atoms with E-state index in [1.54, 1.807) is 24.1 Å². The first-order valence-corrected chi connectivity index (χ1v) is 13.2. The zero-order valence-electron chi connectivity index (χ0n) is 21.2. The number of fused-ring (bicyclic) bond motifs is 1. The second-order valence-corrected chi connectivity index (χ2v) is 10.6. The first-order valence-electron chi connectivity index (χ1n) is 12.5. The van der Waals surface area contributed by atoms with Gasteiger partial charge in [-0.1, -0.05) is 35.3 Å². The summed E-state index contributed by atoms with van der Waals surface area (Å²) in [5.41, 5.74) is -0.318. The van der Waals surface area contributed by atoms with Crippen molar-refractivity contribution in [2.24, 2.45) is 0 Å². The number of ether oxygens (including phenoxy) is 2. The number of hydrogen-bond donors (Lipinski definition) is 1. The fraction of sp³-hybridized carbons (Fsp3) is 0.357. The van der Waals surface area contributed by atoms with Crippen LogP contribution in [-0.2, 0) is 17.8 Å². The van der Waals surface area contributed by atoms with Crippen LogP contribution in [0, 0.1) is 5.82 Å². The number of anilines is 2. The first-order chi connectivity index (χ1) is 18.7. The van der Waals surface area contributed by atoms with Crippen LogP contribution in [0.4, 0.5) is 20.3 Å². The molecule has 1 fully saturated rings. The number of aromatic nitrogens is 1. The Hall–Kier alpha value is -3.14. The van der Waals surface area contributed by atoms with Crippen molar-refractivity contribution in [2.45, 2.75) is 37.6 Å². The smallest absolute Gasteiger partial charge is 0.227 e. The molecule has 0 unspecified atom stereocenters. The summed E-state index contributed by atoms with van der Waals surface area (Å²) in [6, 6.07) is 11.4. The molecule has 0 radical (unpaired) electrons. The van der Waals surface area contributed by atoms with Gasteiger partial charge in [-0.2, -0.15) is 0 Å². The van der Waals surface area contributed by atoms with Crippen molar-refractivity contribution >= 4 is 40.6 Å². The molecular weight excluding hydrogens is 551 g/mol. The summed E-state index contributed by atoms with van der Waals surface area (Å²) in [4.78, 5) is 20.1. The topological polar surface area (TPSA) is 75.1 Å². The summed E-state index contributed by atoms with van der Waals surface area (Å²) in [5.74, 6) is 0.610. The minimum Gasteiger partial charge on any atom is -0.497 e. The standard InChI is InChI=1S/C28H27Cl2F2N3O4/c1-38-19-4-2-17(3-5-19)14-35-25(36)9-6-20-23(8-7-22(31)26(20)35)39-16-28(37)10-11-34(15-24(28)32)27-21(30)12-18(29)13-33-27/h2-5,7-8,12-13,24,37H,6,9-11,14-16H2,1H3/t24-,28+/m1/s1. The molecule has 5 rings (SSSR count). The van der Waals surface area contributed by atoms with E-state index < -0.39 is 17.6 Å². The molecule has 3 aromatic rings. The lowest BCUT2D eigenvalue weighted by Crippen LogP contribution is -2.57. The van der Waals surface area contributed by atoms with Gasteiger partial charge < -0.3 is 24.4 Å². The van der Waals surface area contributed by atoms with E-state index in [1.807, 2.05) is 12.1 Å². The van der Waals surface area contributed by atoms with Crippen molar-refractivity contribution in [3.63, 3.8) is 0 Å². The van der Waals surface area contributed by atoms with E-state index in [-0.39, 0.29) is 50.6 Å². The summed E-state index contributed by atoms with van der Waals surface area (Å²) in [7, 11) is 1.56. The number of nitrogens with zero attached hydrogens (tertiary/aromatic N) is 3. The second-order valence-electron chi connectivity index (χ2n) is 9.72. The van der Waals surface area contributed by atoms with E-state index in [4.69, 9.17) is 32.7 Å². The largest absolute Gasteiger partial charge is 0.497 e. The second kappa shape index (κ2) is 11.2. The van der Waals surface area contributed by atoms with Crippen molar-refractivity contribution in [2.75, 3.05) is 36.6 Å². The third-order valence-electron chi connectivity index (χ3n) is 7.19. The van der Waals surface area contributed by atoms with E-state index >= 15 is 8.78 Å². The Morgan fingerprint density at radius 2 is 1.95 bits per heavy atom. The van der Waals surface area contributed by atoms with Crippen LogP contribution in [0.1, 0.15) is 24.0 Å².